The average molecular weight is 335 g/mol. The molecule has 4 heteroatoms. The van der Waals surface area contributed by atoms with E-state index in [1.54, 1.807) is 24.3 Å². The summed E-state index contributed by atoms with van der Waals surface area (Å²) in [5.41, 5.74) is -0.574. The highest BCUT2D eigenvalue weighted by Crippen LogP contribution is 2.45. The first-order valence-electron chi connectivity index (χ1n) is 9.10. The lowest BCUT2D eigenvalue weighted by molar-refractivity contribution is -0.155. The molecule has 1 saturated heterocycles. The molecule has 1 aliphatic rings. The second-order valence-electron chi connectivity index (χ2n) is 7.34. The minimum Gasteiger partial charge on any atom is -0.349 e. The molecule has 24 heavy (non-hydrogen) atoms. The van der Waals surface area contributed by atoms with Crippen molar-refractivity contribution in [2.24, 2.45) is 5.92 Å². The molecule has 2 amide bonds. The van der Waals surface area contributed by atoms with Crippen molar-refractivity contribution in [3.05, 3.63) is 24.3 Å². The van der Waals surface area contributed by atoms with Crippen molar-refractivity contribution in [2.45, 2.75) is 84.8 Å². The van der Waals surface area contributed by atoms with E-state index in [9.17, 15) is 9.59 Å². The van der Waals surface area contributed by atoms with E-state index in [4.69, 9.17) is 0 Å². The Labute approximate surface area is 147 Å². The molecule has 0 aromatic rings. The fourth-order valence-electron chi connectivity index (χ4n) is 4.07. The Morgan fingerprint density at radius 3 is 2.17 bits per heavy atom. The first-order valence-corrected chi connectivity index (χ1v) is 9.10. The van der Waals surface area contributed by atoms with Crippen molar-refractivity contribution in [3.63, 3.8) is 0 Å². The third-order valence-electron chi connectivity index (χ3n) is 5.95. The molecule has 1 heterocycles. The first-order chi connectivity index (χ1) is 11.2. The SMILES string of the molecule is CC=CC(=O)NC1CC(C)(CC)N(C(=O)C=CC)C(C)(CC)C1C. The van der Waals surface area contributed by atoms with Gasteiger partial charge in [-0.2, -0.15) is 0 Å². The maximum atomic E-state index is 12.9. The lowest BCUT2D eigenvalue weighted by atomic mass is 9.66. The Kier molecular flexibility index (Phi) is 6.82. The van der Waals surface area contributed by atoms with Crippen LogP contribution < -0.4 is 5.32 Å². The Bertz CT molecular complexity index is 526. The summed E-state index contributed by atoms with van der Waals surface area (Å²) in [7, 11) is 0. The Morgan fingerprint density at radius 1 is 1.12 bits per heavy atom. The normalized spacial score (nSPS) is 34.0. The standard InChI is InChI=1S/C20H34N2O2/c1-8-12-17(23)21-16-14-19(6,10-3)22(18(24)13-9-2)20(7,11-4)15(16)5/h8-9,12-13,15-16H,10-11,14H2,1-7H3,(H,21,23). The van der Waals surface area contributed by atoms with Gasteiger partial charge in [-0.25, -0.2) is 0 Å². The fraction of sp³-hybridized carbons (Fsp3) is 0.700. The number of carbonyl (C=O) groups is 2. The predicted molar refractivity (Wildman–Crippen MR) is 99.6 cm³/mol. The zero-order valence-electron chi connectivity index (χ0n) is 16.3. The molecule has 0 spiro atoms. The molecule has 1 rings (SSSR count). The number of amides is 2. The summed E-state index contributed by atoms with van der Waals surface area (Å²) < 4.78 is 0. The average Bonchev–Trinajstić information content (AvgIpc) is 2.53. The number of hydrogen-bond donors (Lipinski definition) is 1. The molecule has 1 aliphatic heterocycles. The molecule has 0 aromatic carbocycles. The molecule has 0 aromatic heterocycles. The summed E-state index contributed by atoms with van der Waals surface area (Å²) in [4.78, 5) is 27.0. The topological polar surface area (TPSA) is 49.4 Å². The number of nitrogens with one attached hydrogen (secondary N) is 1. The molecule has 4 nitrogen and oxygen atoms in total. The second kappa shape index (κ2) is 8.00. The van der Waals surface area contributed by atoms with Gasteiger partial charge in [0.05, 0.1) is 0 Å². The maximum absolute atomic E-state index is 12.9. The van der Waals surface area contributed by atoms with Crippen molar-refractivity contribution in [2.75, 3.05) is 0 Å². The van der Waals surface area contributed by atoms with E-state index in [0.29, 0.717) is 0 Å². The Hall–Kier alpha value is -1.58. The van der Waals surface area contributed by atoms with Crippen molar-refractivity contribution in [1.82, 2.24) is 10.2 Å². The van der Waals surface area contributed by atoms with Gasteiger partial charge in [-0.05, 0) is 65.0 Å². The van der Waals surface area contributed by atoms with Crippen LogP contribution in [0, 0.1) is 5.92 Å². The van der Waals surface area contributed by atoms with E-state index < -0.39 is 0 Å². The van der Waals surface area contributed by atoms with Gasteiger partial charge < -0.3 is 10.2 Å². The quantitative estimate of drug-likeness (QED) is 0.777. The number of allylic oxidation sites excluding steroid dienone is 2. The van der Waals surface area contributed by atoms with Crippen LogP contribution in [0.15, 0.2) is 24.3 Å². The van der Waals surface area contributed by atoms with E-state index >= 15 is 0 Å². The predicted octanol–water partition coefficient (Wildman–Crippen LogP) is 3.83. The lowest BCUT2D eigenvalue weighted by Crippen LogP contribution is -2.71. The van der Waals surface area contributed by atoms with Crippen LogP contribution in [-0.2, 0) is 9.59 Å². The van der Waals surface area contributed by atoms with Gasteiger partial charge in [-0.1, -0.05) is 32.9 Å². The number of carbonyl (C=O) groups excluding carboxylic acids is 2. The van der Waals surface area contributed by atoms with Gasteiger partial charge in [0.15, 0.2) is 0 Å². The first kappa shape index (κ1) is 20.5. The van der Waals surface area contributed by atoms with Crippen LogP contribution in [-0.4, -0.2) is 33.8 Å². The number of piperidine rings is 1. The van der Waals surface area contributed by atoms with Crippen LogP contribution in [0.4, 0.5) is 0 Å². The second-order valence-corrected chi connectivity index (χ2v) is 7.34. The molecule has 1 N–H and O–H groups in total. The van der Waals surface area contributed by atoms with Crippen LogP contribution in [0.3, 0.4) is 0 Å². The summed E-state index contributed by atoms with van der Waals surface area (Å²) >= 11 is 0. The molecule has 4 unspecified atom stereocenters. The van der Waals surface area contributed by atoms with Crippen LogP contribution in [0.5, 0.6) is 0 Å². The number of nitrogens with zero attached hydrogens (tertiary/aromatic N) is 1. The van der Waals surface area contributed by atoms with Crippen LogP contribution >= 0.6 is 0 Å². The molecular formula is C20H34N2O2. The lowest BCUT2D eigenvalue weighted by Gasteiger charge is -2.60. The van der Waals surface area contributed by atoms with Gasteiger partial charge in [-0.3, -0.25) is 9.59 Å². The van der Waals surface area contributed by atoms with Gasteiger partial charge in [0.1, 0.15) is 0 Å². The third kappa shape index (κ3) is 3.73. The minimum absolute atomic E-state index is 0.0539. The monoisotopic (exact) mass is 334 g/mol. The smallest absolute Gasteiger partial charge is 0.247 e. The third-order valence-corrected chi connectivity index (χ3v) is 5.95. The number of likely N-dealkylation sites (tertiary alicyclic amines) is 1. The maximum Gasteiger partial charge on any atom is 0.247 e. The zero-order chi connectivity index (χ0) is 18.5. The molecular weight excluding hydrogens is 300 g/mol. The van der Waals surface area contributed by atoms with Crippen molar-refractivity contribution >= 4 is 11.8 Å². The summed E-state index contributed by atoms with van der Waals surface area (Å²) in [6, 6.07) is 0.0539. The van der Waals surface area contributed by atoms with Crippen LogP contribution in [0.2, 0.25) is 0 Å². The van der Waals surface area contributed by atoms with Gasteiger partial charge in [0, 0.05) is 17.1 Å². The highest BCUT2D eigenvalue weighted by molar-refractivity contribution is 5.89. The summed E-state index contributed by atoms with van der Waals surface area (Å²) in [5.74, 6) is 0.182. The Balaban J connectivity index is 3.30. The van der Waals surface area contributed by atoms with E-state index in [2.05, 4.69) is 44.8 Å². The van der Waals surface area contributed by atoms with E-state index in [1.165, 1.54) is 0 Å². The van der Waals surface area contributed by atoms with Gasteiger partial charge in [-0.15, -0.1) is 0 Å². The number of hydrogen-bond acceptors (Lipinski definition) is 2. The van der Waals surface area contributed by atoms with Crippen molar-refractivity contribution in [1.29, 1.82) is 0 Å². The molecule has 4 atom stereocenters. The number of rotatable bonds is 5. The van der Waals surface area contributed by atoms with Gasteiger partial charge >= 0.3 is 0 Å². The molecule has 0 radical (unpaired) electrons. The van der Waals surface area contributed by atoms with Crippen LogP contribution in [0.1, 0.15) is 67.7 Å². The Morgan fingerprint density at radius 2 is 1.71 bits per heavy atom. The molecule has 0 aliphatic carbocycles. The zero-order valence-corrected chi connectivity index (χ0v) is 16.3. The van der Waals surface area contributed by atoms with E-state index in [0.717, 1.165) is 19.3 Å². The summed E-state index contributed by atoms with van der Waals surface area (Å²) in [5, 5.41) is 3.16. The summed E-state index contributed by atoms with van der Waals surface area (Å²) in [6.07, 6.45) is 9.26. The van der Waals surface area contributed by atoms with Crippen molar-refractivity contribution in [3.8, 4) is 0 Å². The van der Waals surface area contributed by atoms with E-state index in [1.807, 2.05) is 13.8 Å². The fourth-order valence-corrected chi connectivity index (χ4v) is 4.07. The molecule has 136 valence electrons. The van der Waals surface area contributed by atoms with Gasteiger partial charge in [0.2, 0.25) is 11.8 Å². The largest absolute Gasteiger partial charge is 0.349 e. The molecule has 0 saturated carbocycles. The highest BCUT2D eigenvalue weighted by Gasteiger charge is 2.54. The van der Waals surface area contributed by atoms with Crippen molar-refractivity contribution < 1.29 is 9.59 Å². The van der Waals surface area contributed by atoms with E-state index in [-0.39, 0.29) is 34.9 Å². The van der Waals surface area contributed by atoms with Gasteiger partial charge in [0.25, 0.3) is 0 Å². The minimum atomic E-state index is -0.298. The molecule has 1 fully saturated rings. The molecule has 0 bridgehead atoms. The van der Waals surface area contributed by atoms with Crippen LogP contribution in [0.25, 0.3) is 0 Å². The summed E-state index contributed by atoms with van der Waals surface area (Å²) in [6.45, 7) is 14.4. The highest BCUT2D eigenvalue weighted by atomic mass is 16.2.